The predicted molar refractivity (Wildman–Crippen MR) is 125 cm³/mol. The van der Waals surface area contributed by atoms with Gasteiger partial charge in [-0.1, -0.05) is 55.3 Å². The third kappa shape index (κ3) is 4.64. The van der Waals surface area contributed by atoms with Crippen molar-refractivity contribution in [3.05, 3.63) is 86.8 Å². The Labute approximate surface area is 184 Å². The SMILES string of the molecule is O=c1[nH]nc(Cc2cccc(-c3cccc(CNC4CCCC4)c3)c2)c2c1CCCC2. The molecule has 4 heteroatoms. The summed E-state index contributed by atoms with van der Waals surface area (Å²) in [5, 5.41) is 10.9. The first kappa shape index (κ1) is 20.2. The summed E-state index contributed by atoms with van der Waals surface area (Å²) < 4.78 is 0. The van der Waals surface area contributed by atoms with Crippen LogP contribution >= 0.6 is 0 Å². The van der Waals surface area contributed by atoms with Crippen LogP contribution in [0.3, 0.4) is 0 Å². The van der Waals surface area contributed by atoms with Crippen molar-refractivity contribution in [2.75, 3.05) is 0 Å². The first-order valence-corrected chi connectivity index (χ1v) is 11.8. The van der Waals surface area contributed by atoms with Crippen molar-refractivity contribution in [1.82, 2.24) is 15.5 Å². The summed E-state index contributed by atoms with van der Waals surface area (Å²) in [4.78, 5) is 12.2. The van der Waals surface area contributed by atoms with E-state index in [1.807, 2.05) is 0 Å². The van der Waals surface area contributed by atoms with Gasteiger partial charge < -0.3 is 5.32 Å². The van der Waals surface area contributed by atoms with Crippen molar-refractivity contribution in [2.24, 2.45) is 0 Å². The van der Waals surface area contributed by atoms with Gasteiger partial charge in [0, 0.05) is 24.6 Å². The maximum Gasteiger partial charge on any atom is 0.267 e. The minimum absolute atomic E-state index is 0.00442. The lowest BCUT2D eigenvalue weighted by Gasteiger charge is -2.17. The Kier molecular flexibility index (Phi) is 5.99. The van der Waals surface area contributed by atoms with Gasteiger partial charge >= 0.3 is 0 Å². The summed E-state index contributed by atoms with van der Waals surface area (Å²) >= 11 is 0. The maximum atomic E-state index is 12.2. The number of aromatic nitrogens is 2. The van der Waals surface area contributed by atoms with Crippen molar-refractivity contribution < 1.29 is 0 Å². The monoisotopic (exact) mass is 413 g/mol. The van der Waals surface area contributed by atoms with E-state index in [-0.39, 0.29) is 5.56 Å². The molecular weight excluding hydrogens is 382 g/mol. The molecule has 0 radical (unpaired) electrons. The van der Waals surface area contributed by atoms with E-state index in [0.717, 1.165) is 49.9 Å². The van der Waals surface area contributed by atoms with E-state index in [2.05, 4.69) is 64.0 Å². The zero-order valence-corrected chi connectivity index (χ0v) is 18.1. The van der Waals surface area contributed by atoms with Gasteiger partial charge in [0.2, 0.25) is 0 Å². The Morgan fingerprint density at radius 3 is 2.32 bits per heavy atom. The zero-order chi connectivity index (χ0) is 21.0. The molecule has 2 N–H and O–H groups in total. The molecule has 0 unspecified atom stereocenters. The van der Waals surface area contributed by atoms with Crippen LogP contribution in [0.4, 0.5) is 0 Å². The molecule has 0 aliphatic heterocycles. The minimum Gasteiger partial charge on any atom is -0.310 e. The van der Waals surface area contributed by atoms with Gasteiger partial charge in [0.05, 0.1) is 5.69 Å². The first-order chi connectivity index (χ1) is 15.3. The highest BCUT2D eigenvalue weighted by Crippen LogP contribution is 2.26. The summed E-state index contributed by atoms with van der Waals surface area (Å²) in [6.45, 7) is 0.936. The molecule has 1 heterocycles. The number of fused-ring (bicyclic) bond motifs is 1. The molecule has 0 spiro atoms. The number of hydrogen-bond acceptors (Lipinski definition) is 3. The molecule has 0 bridgehead atoms. The topological polar surface area (TPSA) is 57.8 Å². The Hall–Kier alpha value is -2.72. The predicted octanol–water partition coefficient (Wildman–Crippen LogP) is 4.94. The third-order valence-electron chi connectivity index (χ3n) is 6.89. The van der Waals surface area contributed by atoms with Crippen LogP contribution in [-0.2, 0) is 25.8 Å². The smallest absolute Gasteiger partial charge is 0.267 e. The molecule has 2 aliphatic carbocycles. The highest BCUT2D eigenvalue weighted by atomic mass is 16.1. The van der Waals surface area contributed by atoms with Crippen molar-refractivity contribution in [3.63, 3.8) is 0 Å². The quantitative estimate of drug-likeness (QED) is 0.602. The average molecular weight is 414 g/mol. The van der Waals surface area contributed by atoms with Crippen molar-refractivity contribution >= 4 is 0 Å². The number of rotatable bonds is 6. The molecule has 1 fully saturated rings. The summed E-state index contributed by atoms with van der Waals surface area (Å²) in [7, 11) is 0. The fraction of sp³-hybridized carbons (Fsp3) is 0.407. The van der Waals surface area contributed by atoms with Crippen LogP contribution in [0.15, 0.2) is 53.3 Å². The largest absolute Gasteiger partial charge is 0.310 e. The maximum absolute atomic E-state index is 12.2. The highest BCUT2D eigenvalue weighted by Gasteiger charge is 2.18. The fourth-order valence-corrected chi connectivity index (χ4v) is 5.18. The summed E-state index contributed by atoms with van der Waals surface area (Å²) in [6, 6.07) is 18.3. The lowest BCUT2D eigenvalue weighted by atomic mass is 9.90. The summed E-state index contributed by atoms with van der Waals surface area (Å²) in [6.07, 6.45) is 10.2. The molecule has 3 aromatic rings. The van der Waals surface area contributed by atoms with Crippen LogP contribution in [-0.4, -0.2) is 16.2 Å². The van der Waals surface area contributed by atoms with E-state index >= 15 is 0 Å². The first-order valence-electron chi connectivity index (χ1n) is 11.8. The van der Waals surface area contributed by atoms with Gasteiger partial charge in [-0.3, -0.25) is 4.79 Å². The Morgan fingerprint density at radius 1 is 0.871 bits per heavy atom. The van der Waals surface area contributed by atoms with Crippen LogP contribution in [0.5, 0.6) is 0 Å². The molecule has 160 valence electrons. The fourth-order valence-electron chi connectivity index (χ4n) is 5.18. The second-order valence-electron chi connectivity index (χ2n) is 9.10. The van der Waals surface area contributed by atoms with Gasteiger partial charge in [-0.2, -0.15) is 5.10 Å². The van der Waals surface area contributed by atoms with E-state index in [9.17, 15) is 4.79 Å². The van der Waals surface area contributed by atoms with E-state index in [0.29, 0.717) is 6.04 Å². The normalized spacial score (nSPS) is 16.4. The molecule has 5 rings (SSSR count). The van der Waals surface area contributed by atoms with Crippen molar-refractivity contribution in [3.8, 4) is 11.1 Å². The number of aromatic amines is 1. The summed E-state index contributed by atoms with van der Waals surface area (Å²) in [5.74, 6) is 0. The Balaban J connectivity index is 1.35. The molecule has 31 heavy (non-hydrogen) atoms. The van der Waals surface area contributed by atoms with Crippen molar-refractivity contribution in [1.29, 1.82) is 0 Å². The lowest BCUT2D eigenvalue weighted by molar-refractivity contribution is 0.524. The second-order valence-corrected chi connectivity index (χ2v) is 9.10. The van der Waals surface area contributed by atoms with Gasteiger partial charge in [0.15, 0.2) is 0 Å². The molecule has 4 nitrogen and oxygen atoms in total. The number of hydrogen-bond donors (Lipinski definition) is 2. The molecule has 0 atom stereocenters. The van der Waals surface area contributed by atoms with Gasteiger partial charge in [0.1, 0.15) is 0 Å². The van der Waals surface area contributed by atoms with E-state index in [1.165, 1.54) is 53.5 Å². The van der Waals surface area contributed by atoms with Crippen LogP contribution < -0.4 is 10.9 Å². The number of benzene rings is 2. The molecule has 0 saturated heterocycles. The van der Waals surface area contributed by atoms with Crippen LogP contribution in [0.2, 0.25) is 0 Å². The van der Waals surface area contributed by atoms with Gasteiger partial charge in [-0.15, -0.1) is 0 Å². The average Bonchev–Trinajstić information content (AvgIpc) is 3.34. The van der Waals surface area contributed by atoms with Crippen LogP contribution in [0.25, 0.3) is 11.1 Å². The highest BCUT2D eigenvalue weighted by molar-refractivity contribution is 5.65. The van der Waals surface area contributed by atoms with E-state index in [1.54, 1.807) is 0 Å². The minimum atomic E-state index is -0.00442. The number of H-pyrrole nitrogens is 1. The zero-order valence-electron chi connectivity index (χ0n) is 18.1. The summed E-state index contributed by atoms with van der Waals surface area (Å²) in [5.41, 5.74) is 8.22. The molecule has 2 aromatic carbocycles. The molecule has 1 aromatic heterocycles. The number of nitrogens with zero attached hydrogens (tertiary/aromatic N) is 1. The van der Waals surface area contributed by atoms with Gasteiger partial charge in [0.25, 0.3) is 5.56 Å². The Morgan fingerprint density at radius 2 is 1.55 bits per heavy atom. The molecule has 0 amide bonds. The standard InChI is InChI=1S/C27H31N3O/c31-27-25-14-4-3-13-24(25)26(29-30-27)17-19-7-5-9-21(15-19)22-10-6-8-20(16-22)18-28-23-11-1-2-12-23/h5-10,15-16,23,28H,1-4,11-14,17-18H2,(H,30,31). The third-order valence-corrected chi connectivity index (χ3v) is 6.89. The van der Waals surface area contributed by atoms with Crippen LogP contribution in [0, 0.1) is 0 Å². The van der Waals surface area contributed by atoms with E-state index < -0.39 is 0 Å². The molecule has 2 aliphatic rings. The second kappa shape index (κ2) is 9.19. The number of nitrogens with one attached hydrogen (secondary N) is 2. The molecular formula is C27H31N3O. The van der Waals surface area contributed by atoms with Crippen LogP contribution in [0.1, 0.15) is 66.5 Å². The van der Waals surface area contributed by atoms with Gasteiger partial charge in [-0.05, 0) is 72.4 Å². The molecule has 1 saturated carbocycles. The van der Waals surface area contributed by atoms with Gasteiger partial charge in [-0.25, -0.2) is 5.10 Å². The lowest BCUT2D eigenvalue weighted by Crippen LogP contribution is -2.25. The van der Waals surface area contributed by atoms with E-state index in [4.69, 9.17) is 0 Å². The Bertz CT molecular complexity index is 1110. The van der Waals surface area contributed by atoms with Crippen molar-refractivity contribution in [2.45, 2.75) is 70.4 Å².